The first kappa shape index (κ1) is 13.2. The van der Waals surface area contributed by atoms with Gasteiger partial charge in [-0.15, -0.1) is 0 Å². The maximum absolute atomic E-state index is 13.2. The molecule has 2 aromatic rings. The smallest absolute Gasteiger partial charge is 0.138 e. The van der Waals surface area contributed by atoms with Crippen molar-refractivity contribution in [2.45, 2.75) is 0 Å². The van der Waals surface area contributed by atoms with Crippen LogP contribution in [0.5, 0.6) is 0 Å². The van der Waals surface area contributed by atoms with Gasteiger partial charge in [-0.2, -0.15) is 5.10 Å². The monoisotopic (exact) mass is 370 g/mol. The third-order valence-electron chi connectivity index (χ3n) is 2.21. The highest BCUT2D eigenvalue weighted by Gasteiger charge is 2.04. The zero-order chi connectivity index (χ0) is 13.0. The summed E-state index contributed by atoms with van der Waals surface area (Å²) < 4.78 is 14.3. The predicted molar refractivity (Wildman–Crippen MR) is 79.5 cm³/mol. The molecule has 0 aliphatic heterocycles. The Bertz CT molecular complexity index is 571. The highest BCUT2D eigenvalue weighted by atomic mass is 79.9. The highest BCUT2D eigenvalue weighted by molar-refractivity contribution is 9.11. The van der Waals surface area contributed by atoms with Crippen LogP contribution in [0.15, 0.2) is 56.5 Å². The number of benzene rings is 2. The Morgan fingerprint density at radius 1 is 1.06 bits per heavy atom. The van der Waals surface area contributed by atoms with Crippen LogP contribution in [0, 0.1) is 5.82 Å². The van der Waals surface area contributed by atoms with Crippen molar-refractivity contribution in [1.29, 1.82) is 0 Å². The van der Waals surface area contributed by atoms with E-state index in [9.17, 15) is 4.39 Å². The number of anilines is 1. The van der Waals surface area contributed by atoms with Crippen LogP contribution in [-0.4, -0.2) is 6.21 Å². The number of hydrogen-bond donors (Lipinski definition) is 1. The molecule has 0 amide bonds. The van der Waals surface area contributed by atoms with Gasteiger partial charge in [0.2, 0.25) is 0 Å². The van der Waals surface area contributed by atoms with Crippen molar-refractivity contribution in [3.63, 3.8) is 0 Å². The molecule has 1 N–H and O–H groups in total. The van der Waals surface area contributed by atoms with Crippen LogP contribution in [0.25, 0.3) is 0 Å². The Kier molecular flexibility index (Phi) is 4.49. The van der Waals surface area contributed by atoms with Gasteiger partial charge in [-0.25, -0.2) is 4.39 Å². The number of para-hydroxylation sites is 1. The Balaban J connectivity index is 2.12. The third kappa shape index (κ3) is 3.40. The van der Waals surface area contributed by atoms with E-state index in [0.717, 1.165) is 11.3 Å². The molecule has 2 rings (SSSR count). The van der Waals surface area contributed by atoms with E-state index in [1.807, 2.05) is 30.3 Å². The van der Waals surface area contributed by atoms with Gasteiger partial charge in [0, 0.05) is 10.0 Å². The minimum absolute atomic E-state index is 0.310. The molecule has 0 aliphatic carbocycles. The molecule has 0 aliphatic rings. The lowest BCUT2D eigenvalue weighted by molar-refractivity contribution is 0.620. The molecule has 92 valence electrons. The van der Waals surface area contributed by atoms with Crippen LogP contribution >= 0.6 is 31.9 Å². The van der Waals surface area contributed by atoms with Crippen molar-refractivity contribution >= 4 is 43.8 Å². The summed E-state index contributed by atoms with van der Waals surface area (Å²) >= 11 is 6.43. The van der Waals surface area contributed by atoms with Gasteiger partial charge in [-0.1, -0.05) is 34.1 Å². The summed E-state index contributed by atoms with van der Waals surface area (Å²) in [5, 5.41) is 4.10. The first-order valence-electron chi connectivity index (χ1n) is 5.15. The van der Waals surface area contributed by atoms with E-state index in [1.54, 1.807) is 12.3 Å². The molecule has 18 heavy (non-hydrogen) atoms. The molecule has 0 bridgehead atoms. The molecule has 0 saturated carbocycles. The predicted octanol–water partition coefficient (Wildman–Crippen LogP) is 4.80. The Morgan fingerprint density at radius 3 is 2.50 bits per heavy atom. The Hall–Kier alpha value is -1.20. The van der Waals surface area contributed by atoms with E-state index in [4.69, 9.17) is 0 Å². The van der Waals surface area contributed by atoms with Crippen molar-refractivity contribution in [1.82, 2.24) is 0 Å². The van der Waals surface area contributed by atoms with E-state index < -0.39 is 0 Å². The maximum atomic E-state index is 13.2. The largest absolute Gasteiger partial charge is 0.279 e. The topological polar surface area (TPSA) is 24.4 Å². The molecule has 0 atom stereocenters. The van der Waals surface area contributed by atoms with Gasteiger partial charge in [0.25, 0.3) is 0 Å². The van der Waals surface area contributed by atoms with Gasteiger partial charge < -0.3 is 0 Å². The van der Waals surface area contributed by atoms with Crippen LogP contribution in [-0.2, 0) is 0 Å². The number of nitrogens with zero attached hydrogens (tertiary/aromatic N) is 1. The number of nitrogens with one attached hydrogen (secondary N) is 1. The minimum atomic E-state index is -0.310. The lowest BCUT2D eigenvalue weighted by Gasteiger charge is -2.02. The molecule has 2 nitrogen and oxygen atoms in total. The zero-order valence-electron chi connectivity index (χ0n) is 9.20. The second-order valence-electron chi connectivity index (χ2n) is 3.52. The number of halogens is 3. The maximum Gasteiger partial charge on any atom is 0.138 e. The van der Waals surface area contributed by atoms with E-state index in [1.165, 1.54) is 6.07 Å². The van der Waals surface area contributed by atoms with Gasteiger partial charge in [0.1, 0.15) is 5.82 Å². The first-order chi connectivity index (χ1) is 8.66. The molecule has 0 saturated heterocycles. The molecule has 2 aromatic carbocycles. The Labute approximate surface area is 121 Å². The average molecular weight is 372 g/mol. The molecule has 0 unspecified atom stereocenters. The van der Waals surface area contributed by atoms with Crippen LogP contribution in [0.4, 0.5) is 10.1 Å². The van der Waals surface area contributed by atoms with Gasteiger partial charge in [-0.05, 0) is 40.2 Å². The molecule has 0 spiro atoms. The quantitative estimate of drug-likeness (QED) is 0.468. The van der Waals surface area contributed by atoms with E-state index in [2.05, 4.69) is 42.4 Å². The lowest BCUT2D eigenvalue weighted by Crippen LogP contribution is -1.92. The lowest BCUT2D eigenvalue weighted by atomic mass is 10.2. The van der Waals surface area contributed by atoms with E-state index in [0.29, 0.717) is 8.95 Å². The van der Waals surface area contributed by atoms with Crippen molar-refractivity contribution in [3.8, 4) is 0 Å². The summed E-state index contributed by atoms with van der Waals surface area (Å²) in [6, 6.07) is 12.6. The molecular formula is C13H9Br2FN2. The zero-order valence-corrected chi connectivity index (χ0v) is 12.4. The van der Waals surface area contributed by atoms with Crippen molar-refractivity contribution in [3.05, 3.63) is 62.8 Å². The van der Waals surface area contributed by atoms with Crippen LogP contribution in [0.3, 0.4) is 0 Å². The fraction of sp³-hybridized carbons (Fsp3) is 0. The molecule has 0 heterocycles. The second kappa shape index (κ2) is 6.11. The van der Waals surface area contributed by atoms with Gasteiger partial charge >= 0.3 is 0 Å². The summed E-state index contributed by atoms with van der Waals surface area (Å²) in [7, 11) is 0. The van der Waals surface area contributed by atoms with Crippen molar-refractivity contribution in [2.75, 3.05) is 5.43 Å². The van der Waals surface area contributed by atoms with Gasteiger partial charge in [0.05, 0.1) is 16.4 Å². The molecular weight excluding hydrogens is 363 g/mol. The average Bonchev–Trinajstić information content (AvgIpc) is 2.37. The first-order valence-corrected chi connectivity index (χ1v) is 6.74. The fourth-order valence-electron chi connectivity index (χ4n) is 1.33. The van der Waals surface area contributed by atoms with Gasteiger partial charge in [-0.3, -0.25) is 5.43 Å². The minimum Gasteiger partial charge on any atom is -0.279 e. The fourth-order valence-corrected chi connectivity index (χ4v) is 2.10. The number of hydrazone groups is 1. The number of hydrogen-bond acceptors (Lipinski definition) is 2. The summed E-state index contributed by atoms with van der Waals surface area (Å²) in [5.74, 6) is -0.310. The number of rotatable bonds is 3. The SMILES string of the molecule is Fc1cc(Br)c(C=NNc2ccccc2)cc1Br. The normalized spacial score (nSPS) is 10.8. The van der Waals surface area contributed by atoms with E-state index in [-0.39, 0.29) is 5.82 Å². The highest BCUT2D eigenvalue weighted by Crippen LogP contribution is 2.23. The molecule has 5 heteroatoms. The second-order valence-corrected chi connectivity index (χ2v) is 5.23. The van der Waals surface area contributed by atoms with Crippen molar-refractivity contribution < 1.29 is 4.39 Å². The van der Waals surface area contributed by atoms with Crippen LogP contribution in [0.1, 0.15) is 5.56 Å². The van der Waals surface area contributed by atoms with Crippen LogP contribution in [0.2, 0.25) is 0 Å². The summed E-state index contributed by atoms with van der Waals surface area (Å²) in [4.78, 5) is 0. The van der Waals surface area contributed by atoms with Gasteiger partial charge in [0.15, 0.2) is 0 Å². The molecule has 0 aromatic heterocycles. The molecule has 0 radical (unpaired) electrons. The Morgan fingerprint density at radius 2 is 1.78 bits per heavy atom. The standard InChI is InChI=1S/C13H9Br2FN2/c14-11-7-13(16)12(15)6-9(11)8-17-18-10-4-2-1-3-5-10/h1-8,18H. The third-order valence-corrected chi connectivity index (χ3v) is 3.51. The van der Waals surface area contributed by atoms with Crippen molar-refractivity contribution in [2.24, 2.45) is 5.10 Å². The summed E-state index contributed by atoms with van der Waals surface area (Å²) in [5.41, 5.74) is 4.57. The summed E-state index contributed by atoms with van der Waals surface area (Å²) in [6.45, 7) is 0. The van der Waals surface area contributed by atoms with Crippen LogP contribution < -0.4 is 5.43 Å². The summed E-state index contributed by atoms with van der Waals surface area (Å²) in [6.07, 6.45) is 1.63. The molecule has 0 fully saturated rings. The van der Waals surface area contributed by atoms with E-state index >= 15 is 0 Å².